The Morgan fingerprint density at radius 3 is 2.33 bits per heavy atom. The fourth-order valence-electron chi connectivity index (χ4n) is 7.38. The van der Waals surface area contributed by atoms with Gasteiger partial charge in [0.15, 0.2) is 9.75 Å². The molecule has 13 heteroatoms. The number of carboxylic acids is 1. The van der Waals surface area contributed by atoms with Crippen LogP contribution >= 0.6 is 23.2 Å². The molecule has 0 radical (unpaired) electrons. The maximum atomic E-state index is 14.3. The maximum Gasteiger partial charge on any atom is 0.335 e. The summed E-state index contributed by atoms with van der Waals surface area (Å²) in [7, 11) is 0. The van der Waals surface area contributed by atoms with E-state index < -0.39 is 75.4 Å². The summed E-state index contributed by atoms with van der Waals surface area (Å²) >= 11 is 14.5. The maximum absolute atomic E-state index is 14.3. The van der Waals surface area contributed by atoms with Gasteiger partial charge in [0.25, 0.3) is 11.8 Å². The molecule has 2 N–H and O–H groups in total. The van der Waals surface area contributed by atoms with Crippen molar-refractivity contribution in [1.29, 1.82) is 0 Å². The Labute approximate surface area is 264 Å². The van der Waals surface area contributed by atoms with Gasteiger partial charge in [-0.15, -0.1) is 23.2 Å². The molecule has 2 aromatic carbocycles. The van der Waals surface area contributed by atoms with E-state index in [1.54, 1.807) is 6.08 Å². The number of benzene rings is 2. The summed E-state index contributed by atoms with van der Waals surface area (Å²) in [4.78, 5) is 65.4. The summed E-state index contributed by atoms with van der Waals surface area (Å²) in [6, 6.07) is 13.1. The largest absolute Gasteiger partial charge is 0.478 e. The molecule has 2 saturated heterocycles. The number of rotatable bonds is 5. The molecule has 1 aromatic heterocycles. The number of anilines is 2. The van der Waals surface area contributed by atoms with Crippen molar-refractivity contribution in [1.82, 2.24) is 0 Å². The lowest BCUT2D eigenvalue weighted by Crippen LogP contribution is -2.60. The number of hydrogen-bond donors (Lipinski definition) is 2. The fourth-order valence-corrected chi connectivity index (χ4v) is 8.29. The minimum atomic E-state index is -2.17. The average molecular weight is 653 g/mol. The molecular formula is C32H23Cl2FN2O8. The number of amides is 4. The third-order valence-corrected chi connectivity index (χ3v) is 10.8. The first kappa shape index (κ1) is 29.4. The van der Waals surface area contributed by atoms with E-state index in [0.29, 0.717) is 5.57 Å². The lowest BCUT2D eigenvalue weighted by Gasteiger charge is -2.49. The average Bonchev–Trinajstić information content (AvgIpc) is 3.64. The minimum absolute atomic E-state index is 0.0431. The van der Waals surface area contributed by atoms with Gasteiger partial charge < -0.3 is 14.6 Å². The Morgan fingerprint density at radius 2 is 1.67 bits per heavy atom. The summed E-state index contributed by atoms with van der Waals surface area (Å²) in [6.07, 6.45) is 1.52. The number of nitrogens with zero attached hydrogens (tertiary/aromatic N) is 2. The number of aliphatic hydroxyl groups is 1. The Morgan fingerprint density at radius 1 is 0.933 bits per heavy atom. The zero-order valence-corrected chi connectivity index (χ0v) is 24.7. The number of allylic oxidation sites excluding steroid dienone is 2. The molecule has 0 spiro atoms. The number of carboxylic acid groups (broad SMARTS) is 1. The summed E-state index contributed by atoms with van der Waals surface area (Å²) < 4.78 is 19.7. The van der Waals surface area contributed by atoms with Gasteiger partial charge in [-0.1, -0.05) is 17.7 Å². The highest BCUT2D eigenvalue weighted by Gasteiger charge is 2.77. The van der Waals surface area contributed by atoms with Crippen LogP contribution in [0, 0.1) is 23.6 Å². The molecule has 230 valence electrons. The second kappa shape index (κ2) is 10.1. The highest BCUT2D eigenvalue weighted by Crippen LogP contribution is 2.66. The Kier molecular flexibility index (Phi) is 6.60. The van der Waals surface area contributed by atoms with Gasteiger partial charge >= 0.3 is 5.97 Å². The number of imide groups is 2. The van der Waals surface area contributed by atoms with Gasteiger partial charge in [-0.3, -0.25) is 24.1 Å². The van der Waals surface area contributed by atoms with Crippen molar-refractivity contribution < 1.29 is 43.0 Å². The van der Waals surface area contributed by atoms with Crippen LogP contribution in [0.4, 0.5) is 15.8 Å². The topological polar surface area (TPSA) is 145 Å². The molecule has 2 aliphatic heterocycles. The zero-order chi connectivity index (χ0) is 32.0. The van der Waals surface area contributed by atoms with Crippen molar-refractivity contribution >= 4 is 64.2 Å². The SMILES string of the molecule is O=C(O)c1cccc(N2C(=O)C3CC=C4C(CC5(Cl)C(=O)N(c6ccc(F)cc6)C(=O)C5(Cl)C4c4ccc(CO)o4)C3C2=O)c1. The van der Waals surface area contributed by atoms with E-state index in [0.717, 1.165) is 21.9 Å². The molecule has 6 unspecified atom stereocenters. The molecule has 0 bridgehead atoms. The van der Waals surface area contributed by atoms with E-state index in [2.05, 4.69) is 0 Å². The van der Waals surface area contributed by atoms with Crippen LogP contribution in [0.1, 0.15) is 40.6 Å². The Balaban J connectivity index is 1.37. The van der Waals surface area contributed by atoms with Crippen LogP contribution in [0.2, 0.25) is 0 Å². The summed E-state index contributed by atoms with van der Waals surface area (Å²) in [5.41, 5.74) is 0.501. The van der Waals surface area contributed by atoms with Gasteiger partial charge in [0.05, 0.1) is 34.7 Å². The molecule has 3 fully saturated rings. The van der Waals surface area contributed by atoms with E-state index in [4.69, 9.17) is 27.6 Å². The fraction of sp³-hybridized carbons (Fsp3) is 0.281. The number of furan rings is 1. The third-order valence-electron chi connectivity index (χ3n) is 9.37. The molecule has 10 nitrogen and oxygen atoms in total. The standard InChI is InChI=1S/C32H23Cl2FN2O8/c33-31-13-22-20(9-10-21-24(22)27(40)36(26(21)39)18-3-1-2-15(12-18)28(41)42)25(23-11-8-19(14-38)45-23)32(31,34)30(44)37(29(31)43)17-6-4-16(35)5-7-17/h1-9,11-12,21-22,24-25,38H,10,13-14H2,(H,41,42). The van der Waals surface area contributed by atoms with Crippen molar-refractivity contribution in [3.63, 3.8) is 0 Å². The molecule has 3 heterocycles. The summed E-state index contributed by atoms with van der Waals surface area (Å²) in [5, 5.41) is 19.2. The smallest absolute Gasteiger partial charge is 0.335 e. The number of aromatic carboxylic acids is 1. The number of fused-ring (bicyclic) bond motifs is 4. The molecule has 4 amide bonds. The van der Waals surface area contributed by atoms with Crippen LogP contribution in [-0.4, -0.2) is 49.6 Å². The van der Waals surface area contributed by atoms with Crippen LogP contribution in [0.5, 0.6) is 0 Å². The second-order valence-corrected chi connectivity index (χ2v) is 12.8. The van der Waals surface area contributed by atoms with E-state index in [-0.39, 0.29) is 41.3 Å². The number of carbonyl (C=O) groups is 5. The number of carbonyl (C=O) groups excluding carboxylic acids is 4. The van der Waals surface area contributed by atoms with Crippen molar-refractivity contribution in [3.05, 3.63) is 95.2 Å². The Hall–Kier alpha value is -4.32. The summed E-state index contributed by atoms with van der Waals surface area (Å²) in [5.74, 6) is -8.33. The van der Waals surface area contributed by atoms with Crippen LogP contribution in [-0.2, 0) is 25.8 Å². The van der Waals surface area contributed by atoms with E-state index in [9.17, 15) is 38.6 Å². The minimum Gasteiger partial charge on any atom is -0.478 e. The van der Waals surface area contributed by atoms with Gasteiger partial charge in [0.1, 0.15) is 23.9 Å². The van der Waals surface area contributed by atoms with Gasteiger partial charge in [-0.05, 0) is 73.4 Å². The van der Waals surface area contributed by atoms with Crippen molar-refractivity contribution in [2.45, 2.75) is 35.1 Å². The van der Waals surface area contributed by atoms with Crippen LogP contribution in [0.25, 0.3) is 0 Å². The van der Waals surface area contributed by atoms with Crippen molar-refractivity contribution in [3.8, 4) is 0 Å². The number of aliphatic hydroxyl groups excluding tert-OH is 1. The second-order valence-electron chi connectivity index (χ2n) is 11.6. The first-order chi connectivity index (χ1) is 21.4. The number of halogens is 3. The van der Waals surface area contributed by atoms with Gasteiger partial charge in [-0.2, -0.15) is 0 Å². The molecule has 4 aliphatic rings. The molecule has 1 saturated carbocycles. The predicted octanol–water partition coefficient (Wildman–Crippen LogP) is 4.38. The molecule has 2 aliphatic carbocycles. The lowest BCUT2D eigenvalue weighted by molar-refractivity contribution is -0.125. The molecule has 45 heavy (non-hydrogen) atoms. The van der Waals surface area contributed by atoms with E-state index >= 15 is 0 Å². The highest BCUT2D eigenvalue weighted by molar-refractivity contribution is 6.58. The molecule has 6 atom stereocenters. The molecular weight excluding hydrogens is 630 g/mol. The van der Waals surface area contributed by atoms with Gasteiger partial charge in [-0.25, -0.2) is 14.1 Å². The molecule has 7 rings (SSSR count). The highest BCUT2D eigenvalue weighted by atomic mass is 35.5. The third kappa shape index (κ3) is 3.93. The van der Waals surface area contributed by atoms with Crippen LogP contribution in [0.3, 0.4) is 0 Å². The first-order valence-corrected chi connectivity index (χ1v) is 14.8. The van der Waals surface area contributed by atoms with Crippen LogP contribution < -0.4 is 9.80 Å². The number of hydrogen-bond acceptors (Lipinski definition) is 7. The predicted molar refractivity (Wildman–Crippen MR) is 157 cm³/mol. The zero-order valence-electron chi connectivity index (χ0n) is 23.2. The van der Waals surface area contributed by atoms with Crippen molar-refractivity contribution in [2.75, 3.05) is 9.80 Å². The summed E-state index contributed by atoms with van der Waals surface area (Å²) in [6.45, 7) is -0.465. The number of alkyl halides is 2. The quantitative estimate of drug-likeness (QED) is 0.235. The van der Waals surface area contributed by atoms with Crippen molar-refractivity contribution in [2.24, 2.45) is 17.8 Å². The van der Waals surface area contributed by atoms with E-state index in [1.165, 1.54) is 48.5 Å². The molecule has 3 aromatic rings. The lowest BCUT2D eigenvalue weighted by atomic mass is 9.57. The normalized spacial score (nSPS) is 30.7. The first-order valence-electron chi connectivity index (χ1n) is 14.0. The Bertz CT molecular complexity index is 1860. The van der Waals surface area contributed by atoms with Gasteiger partial charge in [0, 0.05) is 0 Å². The monoisotopic (exact) mass is 652 g/mol. The van der Waals surface area contributed by atoms with E-state index in [1.807, 2.05) is 0 Å². The van der Waals surface area contributed by atoms with Crippen LogP contribution in [0.15, 0.2) is 76.7 Å². The van der Waals surface area contributed by atoms with Gasteiger partial charge in [0.2, 0.25) is 11.8 Å².